The molecule has 1 fully saturated rings. The number of amides is 3. The third-order valence-corrected chi connectivity index (χ3v) is 10.2. The second-order valence-electron chi connectivity index (χ2n) is 14.2. The van der Waals surface area contributed by atoms with E-state index in [1.54, 1.807) is 52.2 Å². The summed E-state index contributed by atoms with van der Waals surface area (Å²) in [6, 6.07) is 13.7. The van der Waals surface area contributed by atoms with Crippen LogP contribution in [-0.2, 0) is 28.7 Å². The monoisotopic (exact) mass is 742 g/mol. The summed E-state index contributed by atoms with van der Waals surface area (Å²) in [5.41, 5.74) is 2.13. The molecule has 2 aromatic carbocycles. The lowest BCUT2D eigenvalue weighted by atomic mass is 9.83. The molecule has 5 rings (SSSR count). The van der Waals surface area contributed by atoms with Crippen LogP contribution in [-0.4, -0.2) is 78.2 Å². The van der Waals surface area contributed by atoms with Gasteiger partial charge in [-0.1, -0.05) is 70.4 Å². The number of aromatic nitrogens is 1. The molecule has 3 amide bonds. The Kier molecular flexibility index (Phi) is 13.3. The SMILES string of the molecule is CC[C@H](NC(=O)[C@H]1C[C@H](Oc2cc(-c3ccccc3)nc3cc(OC)ccc23)C=C1C(=O)N[C@H](C(=O)N[C@H](C(=O)OC)C1CCCCC1)C(C)C)C(=O)O. The Balaban J connectivity index is 1.46. The van der Waals surface area contributed by atoms with E-state index in [-0.39, 0.29) is 24.3 Å². The first kappa shape index (κ1) is 39.7. The summed E-state index contributed by atoms with van der Waals surface area (Å²) >= 11 is 0. The van der Waals surface area contributed by atoms with Gasteiger partial charge >= 0.3 is 11.9 Å². The van der Waals surface area contributed by atoms with Gasteiger partial charge in [-0.3, -0.25) is 14.4 Å². The standard InChI is InChI=1S/C41H50N4O9/c1-6-31(40(49)50)43-37(46)29-19-27(54-34-22-32(24-13-9-7-10-14-24)42-33-21-26(52-4)17-18-28(33)34)20-30(29)38(47)44-35(23(2)3)39(48)45-36(41(51)53-5)25-15-11-8-12-16-25/h7,9-10,13-14,17-18,20-23,25,27,29,31,35-36H,6,8,11-12,15-16,19H2,1-5H3,(H,43,46)(H,44,47)(H,45,48)(H,49,50)/t27-,29-,31-,35-,36-/m0/s1. The number of benzene rings is 2. The van der Waals surface area contributed by atoms with Crippen molar-refractivity contribution in [1.82, 2.24) is 20.9 Å². The molecule has 0 radical (unpaired) electrons. The number of hydrogen-bond acceptors (Lipinski definition) is 9. The molecule has 5 atom stereocenters. The predicted octanol–water partition coefficient (Wildman–Crippen LogP) is 4.96. The largest absolute Gasteiger partial charge is 0.497 e. The van der Waals surface area contributed by atoms with Gasteiger partial charge in [-0.25, -0.2) is 14.6 Å². The molecule has 0 bridgehead atoms. The molecule has 1 saturated carbocycles. The summed E-state index contributed by atoms with van der Waals surface area (Å²) in [6.45, 7) is 5.17. The van der Waals surface area contributed by atoms with Crippen LogP contribution in [0.1, 0.15) is 65.7 Å². The van der Waals surface area contributed by atoms with E-state index in [9.17, 15) is 29.1 Å². The molecule has 54 heavy (non-hydrogen) atoms. The number of methoxy groups -OCH3 is 2. The zero-order chi connectivity index (χ0) is 38.9. The van der Waals surface area contributed by atoms with Gasteiger partial charge in [0.1, 0.15) is 35.7 Å². The predicted molar refractivity (Wildman–Crippen MR) is 201 cm³/mol. The van der Waals surface area contributed by atoms with E-state index in [0.717, 1.165) is 37.7 Å². The molecule has 3 aromatic rings. The highest BCUT2D eigenvalue weighted by Gasteiger charge is 2.40. The third kappa shape index (κ3) is 9.36. The fourth-order valence-electron chi connectivity index (χ4n) is 7.21. The van der Waals surface area contributed by atoms with Crippen molar-refractivity contribution in [2.24, 2.45) is 17.8 Å². The first-order chi connectivity index (χ1) is 25.9. The summed E-state index contributed by atoms with van der Waals surface area (Å²) in [6.07, 6.45) is 5.40. The van der Waals surface area contributed by atoms with Gasteiger partial charge in [0, 0.05) is 35.1 Å². The van der Waals surface area contributed by atoms with Crippen LogP contribution in [0.3, 0.4) is 0 Å². The van der Waals surface area contributed by atoms with Crippen molar-refractivity contribution in [2.75, 3.05) is 14.2 Å². The Morgan fingerprint density at radius 3 is 2.28 bits per heavy atom. The zero-order valence-electron chi connectivity index (χ0n) is 31.4. The van der Waals surface area contributed by atoms with Crippen LogP contribution in [0.5, 0.6) is 11.5 Å². The summed E-state index contributed by atoms with van der Waals surface area (Å²) in [7, 11) is 2.85. The van der Waals surface area contributed by atoms with E-state index >= 15 is 0 Å². The summed E-state index contributed by atoms with van der Waals surface area (Å²) in [5, 5.41) is 18.6. The molecule has 1 heterocycles. The van der Waals surface area contributed by atoms with Crippen molar-refractivity contribution in [3.8, 4) is 22.8 Å². The highest BCUT2D eigenvalue weighted by molar-refractivity contribution is 6.03. The van der Waals surface area contributed by atoms with Crippen LogP contribution in [0, 0.1) is 17.8 Å². The molecule has 288 valence electrons. The molecule has 2 aliphatic carbocycles. The maximum absolute atomic E-state index is 14.1. The fraction of sp³-hybridized carbons (Fsp3) is 0.463. The molecular weight excluding hydrogens is 692 g/mol. The summed E-state index contributed by atoms with van der Waals surface area (Å²) in [5.74, 6) is -4.14. The third-order valence-electron chi connectivity index (χ3n) is 10.2. The number of fused-ring (bicyclic) bond motifs is 1. The number of carboxylic acids is 1. The topological polar surface area (TPSA) is 182 Å². The minimum absolute atomic E-state index is 0.0237. The Morgan fingerprint density at radius 1 is 0.926 bits per heavy atom. The lowest BCUT2D eigenvalue weighted by Gasteiger charge is -2.31. The molecule has 0 spiro atoms. The summed E-state index contributed by atoms with van der Waals surface area (Å²) < 4.78 is 17.0. The van der Waals surface area contributed by atoms with Crippen molar-refractivity contribution in [3.63, 3.8) is 0 Å². The smallest absolute Gasteiger partial charge is 0.328 e. The highest BCUT2D eigenvalue weighted by atomic mass is 16.5. The first-order valence-electron chi connectivity index (χ1n) is 18.6. The van der Waals surface area contributed by atoms with E-state index < -0.39 is 65.7 Å². The maximum atomic E-state index is 14.1. The average Bonchev–Trinajstić information content (AvgIpc) is 3.61. The van der Waals surface area contributed by atoms with Gasteiger partial charge in [-0.15, -0.1) is 0 Å². The maximum Gasteiger partial charge on any atom is 0.328 e. The van der Waals surface area contributed by atoms with Crippen LogP contribution in [0.4, 0.5) is 0 Å². The molecule has 13 nitrogen and oxygen atoms in total. The van der Waals surface area contributed by atoms with Crippen molar-refractivity contribution in [2.45, 2.75) is 89.9 Å². The molecule has 0 aliphatic heterocycles. The Labute approximate surface area is 315 Å². The van der Waals surface area contributed by atoms with Crippen LogP contribution in [0.25, 0.3) is 22.2 Å². The number of aliphatic carboxylic acids is 1. The number of carbonyl (C=O) groups is 5. The van der Waals surface area contributed by atoms with Gasteiger partial charge in [0.15, 0.2) is 0 Å². The van der Waals surface area contributed by atoms with Crippen molar-refractivity contribution in [1.29, 1.82) is 0 Å². The van der Waals surface area contributed by atoms with Gasteiger partial charge in [-0.05, 0) is 49.3 Å². The van der Waals surface area contributed by atoms with Crippen LogP contribution in [0.15, 0.2) is 66.2 Å². The number of hydrogen-bond donors (Lipinski definition) is 4. The lowest BCUT2D eigenvalue weighted by molar-refractivity contribution is -0.147. The molecule has 0 saturated heterocycles. The number of esters is 1. The van der Waals surface area contributed by atoms with E-state index in [0.29, 0.717) is 28.1 Å². The lowest BCUT2D eigenvalue weighted by Crippen LogP contribution is -2.56. The minimum Gasteiger partial charge on any atom is -0.497 e. The quantitative estimate of drug-likeness (QED) is 0.155. The van der Waals surface area contributed by atoms with E-state index in [1.165, 1.54) is 7.11 Å². The number of ether oxygens (including phenoxy) is 3. The van der Waals surface area contributed by atoms with E-state index in [2.05, 4.69) is 16.0 Å². The van der Waals surface area contributed by atoms with Crippen molar-refractivity contribution in [3.05, 3.63) is 66.2 Å². The second kappa shape index (κ2) is 18.0. The highest BCUT2D eigenvalue weighted by Crippen LogP contribution is 2.36. The molecule has 0 unspecified atom stereocenters. The van der Waals surface area contributed by atoms with Crippen molar-refractivity contribution >= 4 is 40.6 Å². The molecular formula is C41H50N4O9. The van der Waals surface area contributed by atoms with E-state index in [1.807, 2.05) is 36.4 Å². The minimum atomic E-state index is -1.20. The number of nitrogens with one attached hydrogen (secondary N) is 3. The second-order valence-corrected chi connectivity index (χ2v) is 14.2. The van der Waals surface area contributed by atoms with Crippen LogP contribution in [0.2, 0.25) is 0 Å². The number of carbonyl (C=O) groups excluding carboxylic acids is 4. The average molecular weight is 743 g/mol. The normalized spacial score (nSPS) is 18.9. The zero-order valence-corrected chi connectivity index (χ0v) is 31.4. The van der Waals surface area contributed by atoms with Gasteiger partial charge in [0.2, 0.25) is 17.7 Å². The van der Waals surface area contributed by atoms with Crippen LogP contribution >= 0.6 is 0 Å². The van der Waals surface area contributed by atoms with Crippen LogP contribution < -0.4 is 25.4 Å². The summed E-state index contributed by atoms with van der Waals surface area (Å²) in [4.78, 5) is 71.2. The van der Waals surface area contributed by atoms with E-state index in [4.69, 9.17) is 19.2 Å². The Bertz CT molecular complexity index is 1870. The fourth-order valence-corrected chi connectivity index (χ4v) is 7.21. The molecule has 1 aromatic heterocycles. The van der Waals surface area contributed by atoms with Gasteiger partial charge in [0.25, 0.3) is 0 Å². The molecule has 13 heteroatoms. The Hall–Kier alpha value is -5.46. The number of nitrogens with zero attached hydrogens (tertiary/aromatic N) is 1. The first-order valence-corrected chi connectivity index (χ1v) is 18.6. The number of carboxylic acid groups (broad SMARTS) is 1. The number of rotatable bonds is 15. The van der Waals surface area contributed by atoms with Gasteiger partial charge in [-0.2, -0.15) is 0 Å². The molecule has 2 aliphatic rings. The van der Waals surface area contributed by atoms with Gasteiger partial charge in [0.05, 0.1) is 31.3 Å². The van der Waals surface area contributed by atoms with Crippen molar-refractivity contribution < 1.29 is 43.3 Å². The van der Waals surface area contributed by atoms with Gasteiger partial charge < -0.3 is 35.3 Å². The molecule has 4 N–H and O–H groups in total. The number of pyridine rings is 1. The Morgan fingerprint density at radius 2 is 1.65 bits per heavy atom.